The third-order valence-electron chi connectivity index (χ3n) is 4.85. The van der Waals surface area contributed by atoms with Crippen LogP contribution in [0.1, 0.15) is 69.0 Å². The first-order chi connectivity index (χ1) is 12.3. The number of ether oxygens (including phenoxy) is 1. The van der Waals surface area contributed by atoms with E-state index < -0.39 is 0 Å². The monoisotopic (exact) mass is 342 g/mol. The van der Waals surface area contributed by atoms with Crippen LogP contribution in [0, 0.1) is 0 Å². The van der Waals surface area contributed by atoms with Gasteiger partial charge in [0.1, 0.15) is 17.2 Å². The molecule has 0 bridgehead atoms. The smallest absolute Gasteiger partial charge is 0.137 e. The summed E-state index contributed by atoms with van der Waals surface area (Å²) in [5.74, 6) is 1.98. The Hall–Kier alpha value is -1.81. The first kappa shape index (κ1) is 18.0. The highest BCUT2D eigenvalue weighted by atomic mass is 16.5. The van der Waals surface area contributed by atoms with Gasteiger partial charge in [-0.3, -0.25) is 4.90 Å². The summed E-state index contributed by atoms with van der Waals surface area (Å²) in [4.78, 5) is 2.51. The predicted molar refractivity (Wildman–Crippen MR) is 99.7 cm³/mol. The van der Waals surface area contributed by atoms with Gasteiger partial charge in [0, 0.05) is 19.0 Å². The van der Waals surface area contributed by atoms with Crippen LogP contribution in [-0.2, 0) is 13.0 Å². The number of aromatic nitrogens is 1. The van der Waals surface area contributed by atoms with Crippen molar-refractivity contribution in [3.63, 3.8) is 0 Å². The molecule has 2 heterocycles. The van der Waals surface area contributed by atoms with E-state index >= 15 is 0 Å². The van der Waals surface area contributed by atoms with Crippen molar-refractivity contribution in [3.8, 4) is 5.75 Å². The Kier molecular flexibility index (Phi) is 6.51. The molecule has 3 rings (SSSR count). The van der Waals surface area contributed by atoms with Gasteiger partial charge in [0.15, 0.2) is 0 Å². The number of nitrogens with zero attached hydrogens (tertiary/aromatic N) is 2. The standard InChI is InChI=1S/C21H30N2O2/c1-3-5-14-24-18-11-9-17(10-12-18)16-23-13-6-8-21(23)20-15-19(7-4-2)25-22-20/h9-12,15,21H,3-8,13-14,16H2,1-2H3/t21-/m0/s1. The van der Waals surface area contributed by atoms with Gasteiger partial charge in [0.25, 0.3) is 0 Å². The van der Waals surface area contributed by atoms with Crippen LogP contribution in [0.5, 0.6) is 5.75 Å². The maximum absolute atomic E-state index is 5.75. The topological polar surface area (TPSA) is 38.5 Å². The second kappa shape index (κ2) is 9.04. The highest BCUT2D eigenvalue weighted by Gasteiger charge is 2.28. The Balaban J connectivity index is 1.59. The Morgan fingerprint density at radius 3 is 2.80 bits per heavy atom. The molecular formula is C21H30N2O2. The zero-order valence-electron chi connectivity index (χ0n) is 15.5. The van der Waals surface area contributed by atoms with Crippen molar-refractivity contribution in [1.29, 1.82) is 0 Å². The number of benzene rings is 1. The van der Waals surface area contributed by atoms with Crippen LogP contribution in [0.25, 0.3) is 0 Å². The van der Waals surface area contributed by atoms with E-state index in [0.29, 0.717) is 6.04 Å². The van der Waals surface area contributed by atoms with E-state index in [9.17, 15) is 0 Å². The Bertz CT molecular complexity index is 636. The first-order valence-electron chi connectivity index (χ1n) is 9.71. The van der Waals surface area contributed by atoms with Gasteiger partial charge in [-0.05, 0) is 49.9 Å². The summed E-state index contributed by atoms with van der Waals surface area (Å²) in [5.41, 5.74) is 2.42. The molecule has 1 aromatic carbocycles. The molecule has 2 aromatic rings. The van der Waals surface area contributed by atoms with Gasteiger partial charge in [0.2, 0.25) is 0 Å². The SMILES string of the molecule is CCCCOc1ccc(CN2CCC[C@H]2c2cc(CCC)on2)cc1. The summed E-state index contributed by atoms with van der Waals surface area (Å²) in [6, 6.07) is 11.1. The van der Waals surface area contributed by atoms with Gasteiger partial charge in [-0.2, -0.15) is 0 Å². The summed E-state index contributed by atoms with van der Waals surface area (Å²) < 4.78 is 11.2. The summed E-state index contributed by atoms with van der Waals surface area (Å²) in [5, 5.41) is 4.33. The Morgan fingerprint density at radius 2 is 2.04 bits per heavy atom. The molecule has 0 saturated carbocycles. The van der Waals surface area contributed by atoms with E-state index in [1.54, 1.807) is 0 Å². The lowest BCUT2D eigenvalue weighted by atomic mass is 10.1. The largest absolute Gasteiger partial charge is 0.494 e. The molecule has 0 N–H and O–H groups in total. The number of likely N-dealkylation sites (tertiary alicyclic amines) is 1. The van der Waals surface area contributed by atoms with Gasteiger partial charge in [-0.25, -0.2) is 0 Å². The highest BCUT2D eigenvalue weighted by molar-refractivity contribution is 5.27. The van der Waals surface area contributed by atoms with Crippen molar-refractivity contribution < 1.29 is 9.26 Å². The van der Waals surface area contributed by atoms with Crippen LogP contribution in [0.15, 0.2) is 34.9 Å². The average molecular weight is 342 g/mol. The molecule has 0 spiro atoms. The molecule has 0 radical (unpaired) electrons. The molecule has 1 aliphatic heterocycles. The third-order valence-corrected chi connectivity index (χ3v) is 4.85. The van der Waals surface area contributed by atoms with Gasteiger partial charge in [0.05, 0.1) is 12.6 Å². The van der Waals surface area contributed by atoms with Crippen molar-refractivity contribution in [1.82, 2.24) is 10.1 Å². The summed E-state index contributed by atoms with van der Waals surface area (Å²) >= 11 is 0. The van der Waals surface area contributed by atoms with Crippen molar-refractivity contribution in [2.75, 3.05) is 13.2 Å². The molecule has 0 aliphatic carbocycles. The molecule has 1 saturated heterocycles. The molecule has 1 aliphatic rings. The Morgan fingerprint density at radius 1 is 1.20 bits per heavy atom. The molecule has 4 nitrogen and oxygen atoms in total. The summed E-state index contributed by atoms with van der Waals surface area (Å²) in [7, 11) is 0. The van der Waals surface area contributed by atoms with Crippen LogP contribution in [0.2, 0.25) is 0 Å². The van der Waals surface area contributed by atoms with E-state index in [2.05, 4.69) is 54.2 Å². The fourth-order valence-electron chi connectivity index (χ4n) is 3.46. The maximum atomic E-state index is 5.75. The van der Waals surface area contributed by atoms with Gasteiger partial charge < -0.3 is 9.26 Å². The van der Waals surface area contributed by atoms with Crippen LogP contribution < -0.4 is 4.74 Å². The molecule has 1 fully saturated rings. The second-order valence-corrected chi connectivity index (χ2v) is 6.94. The minimum absolute atomic E-state index is 0.384. The number of hydrogen-bond donors (Lipinski definition) is 0. The molecular weight excluding hydrogens is 312 g/mol. The molecule has 1 atom stereocenters. The van der Waals surface area contributed by atoms with Crippen molar-refractivity contribution >= 4 is 0 Å². The van der Waals surface area contributed by atoms with Gasteiger partial charge in [-0.15, -0.1) is 0 Å². The van der Waals surface area contributed by atoms with Crippen molar-refractivity contribution in [2.45, 2.75) is 65.0 Å². The van der Waals surface area contributed by atoms with Gasteiger partial charge in [-0.1, -0.05) is 37.6 Å². The van der Waals surface area contributed by atoms with E-state index in [0.717, 1.165) is 69.0 Å². The highest BCUT2D eigenvalue weighted by Crippen LogP contribution is 2.33. The quantitative estimate of drug-likeness (QED) is 0.591. The minimum Gasteiger partial charge on any atom is -0.494 e. The molecule has 4 heteroatoms. The molecule has 25 heavy (non-hydrogen) atoms. The number of unbranched alkanes of at least 4 members (excludes halogenated alkanes) is 1. The lowest BCUT2D eigenvalue weighted by Crippen LogP contribution is -2.22. The second-order valence-electron chi connectivity index (χ2n) is 6.94. The van der Waals surface area contributed by atoms with Crippen molar-refractivity contribution in [3.05, 3.63) is 47.3 Å². The zero-order chi connectivity index (χ0) is 17.5. The third kappa shape index (κ3) is 4.85. The number of aryl methyl sites for hydroxylation is 1. The van der Waals surface area contributed by atoms with E-state index in [4.69, 9.17) is 9.26 Å². The molecule has 136 valence electrons. The maximum Gasteiger partial charge on any atom is 0.137 e. The van der Waals surface area contributed by atoms with Crippen LogP contribution in [0.4, 0.5) is 0 Å². The predicted octanol–water partition coefficient (Wildman–Crippen LogP) is 5.14. The van der Waals surface area contributed by atoms with Crippen LogP contribution in [-0.4, -0.2) is 23.2 Å². The average Bonchev–Trinajstić information content (AvgIpc) is 3.26. The normalized spacial score (nSPS) is 17.9. The number of hydrogen-bond acceptors (Lipinski definition) is 4. The van der Waals surface area contributed by atoms with E-state index in [-0.39, 0.29) is 0 Å². The lowest BCUT2D eigenvalue weighted by Gasteiger charge is -2.22. The van der Waals surface area contributed by atoms with E-state index in [1.165, 1.54) is 12.0 Å². The van der Waals surface area contributed by atoms with Crippen molar-refractivity contribution in [2.24, 2.45) is 0 Å². The summed E-state index contributed by atoms with van der Waals surface area (Å²) in [6.07, 6.45) is 6.72. The molecule has 0 unspecified atom stereocenters. The molecule has 0 amide bonds. The molecule has 1 aromatic heterocycles. The minimum atomic E-state index is 0.384. The lowest BCUT2D eigenvalue weighted by molar-refractivity contribution is 0.236. The van der Waals surface area contributed by atoms with E-state index in [1.807, 2.05) is 0 Å². The fourth-order valence-corrected chi connectivity index (χ4v) is 3.46. The first-order valence-corrected chi connectivity index (χ1v) is 9.71. The Labute approximate surface area is 151 Å². The number of rotatable bonds is 9. The zero-order valence-corrected chi connectivity index (χ0v) is 15.5. The fraction of sp³-hybridized carbons (Fsp3) is 0.571. The summed E-state index contributed by atoms with van der Waals surface area (Å²) in [6.45, 7) is 7.22. The van der Waals surface area contributed by atoms with Crippen LogP contribution in [0.3, 0.4) is 0 Å². The van der Waals surface area contributed by atoms with Gasteiger partial charge >= 0.3 is 0 Å². The van der Waals surface area contributed by atoms with Crippen LogP contribution >= 0.6 is 0 Å².